The standard InChI is InChI=1S/C15H16ClNO/c1-9-4-5-10(2)15(11(9)3)18-14-7-6-12(16)8-13(14)17/h4-8H,17H2,1-3H3. The van der Waals surface area contributed by atoms with E-state index in [1.165, 1.54) is 5.56 Å². The Labute approximate surface area is 112 Å². The summed E-state index contributed by atoms with van der Waals surface area (Å²) in [6.45, 7) is 6.13. The summed E-state index contributed by atoms with van der Waals surface area (Å²) in [4.78, 5) is 0. The van der Waals surface area contributed by atoms with Crippen LogP contribution in [-0.4, -0.2) is 0 Å². The first-order chi connectivity index (χ1) is 8.49. The molecule has 0 fully saturated rings. The molecule has 0 aliphatic heterocycles. The number of aryl methyl sites for hydroxylation is 2. The second-order valence-electron chi connectivity index (χ2n) is 4.44. The molecule has 0 atom stereocenters. The summed E-state index contributed by atoms with van der Waals surface area (Å²) in [6.07, 6.45) is 0. The van der Waals surface area contributed by atoms with Crippen LogP contribution in [-0.2, 0) is 0 Å². The highest BCUT2D eigenvalue weighted by atomic mass is 35.5. The molecule has 0 aliphatic carbocycles. The molecule has 0 spiro atoms. The third kappa shape index (κ3) is 2.44. The quantitative estimate of drug-likeness (QED) is 0.800. The lowest BCUT2D eigenvalue weighted by atomic mass is 10.1. The number of halogens is 1. The van der Waals surface area contributed by atoms with Crippen molar-refractivity contribution in [2.24, 2.45) is 0 Å². The summed E-state index contributed by atoms with van der Waals surface area (Å²) in [5, 5.41) is 0.609. The number of nitrogen functional groups attached to an aromatic ring is 1. The predicted octanol–water partition coefficient (Wildman–Crippen LogP) is 4.64. The summed E-state index contributed by atoms with van der Waals surface area (Å²) in [5.74, 6) is 1.50. The van der Waals surface area contributed by atoms with E-state index in [0.29, 0.717) is 16.5 Å². The normalized spacial score (nSPS) is 10.4. The Balaban J connectivity index is 2.43. The second-order valence-corrected chi connectivity index (χ2v) is 4.87. The molecular formula is C15H16ClNO. The number of ether oxygens (including phenoxy) is 1. The van der Waals surface area contributed by atoms with Gasteiger partial charge in [0.1, 0.15) is 11.5 Å². The molecule has 0 aromatic heterocycles. The third-order valence-corrected chi connectivity index (χ3v) is 3.29. The number of rotatable bonds is 2. The van der Waals surface area contributed by atoms with Crippen molar-refractivity contribution >= 4 is 17.3 Å². The van der Waals surface area contributed by atoms with Crippen LogP contribution in [0.15, 0.2) is 30.3 Å². The summed E-state index contributed by atoms with van der Waals surface area (Å²) in [7, 11) is 0. The zero-order valence-corrected chi connectivity index (χ0v) is 11.5. The maximum absolute atomic E-state index is 5.92. The van der Waals surface area contributed by atoms with Crippen LogP contribution < -0.4 is 10.5 Å². The van der Waals surface area contributed by atoms with Crippen molar-refractivity contribution in [1.82, 2.24) is 0 Å². The van der Waals surface area contributed by atoms with Gasteiger partial charge in [-0.25, -0.2) is 0 Å². The van der Waals surface area contributed by atoms with Gasteiger partial charge in [-0.1, -0.05) is 23.7 Å². The zero-order valence-electron chi connectivity index (χ0n) is 10.8. The molecule has 0 amide bonds. The number of hydrogen-bond donors (Lipinski definition) is 1. The van der Waals surface area contributed by atoms with Crippen LogP contribution in [0.1, 0.15) is 16.7 Å². The van der Waals surface area contributed by atoms with Crippen molar-refractivity contribution in [2.75, 3.05) is 5.73 Å². The average Bonchev–Trinajstić information content (AvgIpc) is 2.32. The van der Waals surface area contributed by atoms with Gasteiger partial charge in [0, 0.05) is 5.02 Å². The summed E-state index contributed by atoms with van der Waals surface area (Å²) in [6, 6.07) is 9.39. The molecule has 0 unspecified atom stereocenters. The number of nitrogens with two attached hydrogens (primary N) is 1. The van der Waals surface area contributed by atoms with Gasteiger partial charge in [0.25, 0.3) is 0 Å². The SMILES string of the molecule is Cc1ccc(C)c(Oc2ccc(Cl)cc2N)c1C. The van der Waals surface area contributed by atoms with E-state index in [1.54, 1.807) is 18.2 Å². The molecule has 2 N–H and O–H groups in total. The molecule has 0 bridgehead atoms. The van der Waals surface area contributed by atoms with E-state index in [0.717, 1.165) is 16.9 Å². The van der Waals surface area contributed by atoms with Crippen LogP contribution in [0, 0.1) is 20.8 Å². The third-order valence-electron chi connectivity index (χ3n) is 3.06. The molecule has 18 heavy (non-hydrogen) atoms. The highest BCUT2D eigenvalue weighted by molar-refractivity contribution is 6.30. The zero-order chi connectivity index (χ0) is 13.3. The smallest absolute Gasteiger partial charge is 0.150 e. The second kappa shape index (κ2) is 4.91. The van der Waals surface area contributed by atoms with Crippen LogP contribution in [0.5, 0.6) is 11.5 Å². The van der Waals surface area contributed by atoms with E-state index < -0.39 is 0 Å². The van der Waals surface area contributed by atoms with Crippen molar-refractivity contribution in [3.63, 3.8) is 0 Å². The van der Waals surface area contributed by atoms with Gasteiger partial charge < -0.3 is 10.5 Å². The van der Waals surface area contributed by atoms with E-state index in [1.807, 2.05) is 19.9 Å². The van der Waals surface area contributed by atoms with Crippen molar-refractivity contribution in [2.45, 2.75) is 20.8 Å². The van der Waals surface area contributed by atoms with Gasteiger partial charge in [-0.2, -0.15) is 0 Å². The molecule has 3 heteroatoms. The van der Waals surface area contributed by atoms with E-state index in [-0.39, 0.29) is 0 Å². The topological polar surface area (TPSA) is 35.2 Å². The van der Waals surface area contributed by atoms with E-state index >= 15 is 0 Å². The first kappa shape index (κ1) is 12.8. The lowest BCUT2D eigenvalue weighted by Gasteiger charge is -2.15. The number of benzene rings is 2. The summed E-state index contributed by atoms with van der Waals surface area (Å²) >= 11 is 5.87. The minimum Gasteiger partial charge on any atom is -0.455 e. The van der Waals surface area contributed by atoms with E-state index in [2.05, 4.69) is 13.0 Å². The van der Waals surface area contributed by atoms with Crippen LogP contribution in [0.3, 0.4) is 0 Å². The fourth-order valence-electron chi connectivity index (χ4n) is 1.80. The number of hydrogen-bond acceptors (Lipinski definition) is 2. The van der Waals surface area contributed by atoms with Crippen molar-refractivity contribution in [1.29, 1.82) is 0 Å². The van der Waals surface area contributed by atoms with E-state index in [9.17, 15) is 0 Å². The average molecular weight is 262 g/mol. The molecule has 0 heterocycles. The molecule has 2 aromatic carbocycles. The lowest BCUT2D eigenvalue weighted by Crippen LogP contribution is -1.96. The molecule has 0 saturated heterocycles. The molecule has 2 nitrogen and oxygen atoms in total. The Bertz CT molecular complexity index is 593. The molecule has 0 radical (unpaired) electrons. The fourth-order valence-corrected chi connectivity index (χ4v) is 1.99. The molecular weight excluding hydrogens is 246 g/mol. The Hall–Kier alpha value is -1.67. The maximum Gasteiger partial charge on any atom is 0.150 e. The van der Waals surface area contributed by atoms with Gasteiger partial charge in [-0.05, 0) is 55.7 Å². The maximum atomic E-state index is 5.92. The number of anilines is 1. The molecule has 0 saturated carbocycles. The summed E-state index contributed by atoms with van der Waals surface area (Å²) < 4.78 is 5.92. The van der Waals surface area contributed by atoms with Gasteiger partial charge in [0.15, 0.2) is 0 Å². The Morgan fingerprint density at radius 3 is 2.33 bits per heavy atom. The largest absolute Gasteiger partial charge is 0.455 e. The highest BCUT2D eigenvalue weighted by Crippen LogP contribution is 2.34. The highest BCUT2D eigenvalue weighted by Gasteiger charge is 2.09. The summed E-state index contributed by atoms with van der Waals surface area (Å²) in [5.41, 5.74) is 9.86. The van der Waals surface area contributed by atoms with Crippen molar-refractivity contribution in [3.8, 4) is 11.5 Å². The molecule has 2 rings (SSSR count). The van der Waals surface area contributed by atoms with Gasteiger partial charge in [0.05, 0.1) is 5.69 Å². The molecule has 94 valence electrons. The van der Waals surface area contributed by atoms with Crippen LogP contribution in [0.25, 0.3) is 0 Å². The van der Waals surface area contributed by atoms with Crippen LogP contribution >= 0.6 is 11.6 Å². The monoisotopic (exact) mass is 261 g/mol. The Morgan fingerprint density at radius 1 is 1.00 bits per heavy atom. The first-order valence-electron chi connectivity index (χ1n) is 5.78. The van der Waals surface area contributed by atoms with Crippen LogP contribution in [0.4, 0.5) is 5.69 Å². The minimum atomic E-state index is 0.544. The van der Waals surface area contributed by atoms with Gasteiger partial charge >= 0.3 is 0 Å². The first-order valence-corrected chi connectivity index (χ1v) is 6.16. The minimum absolute atomic E-state index is 0.544. The van der Waals surface area contributed by atoms with E-state index in [4.69, 9.17) is 22.1 Å². The fraction of sp³-hybridized carbons (Fsp3) is 0.200. The predicted molar refractivity (Wildman–Crippen MR) is 76.6 cm³/mol. The van der Waals surface area contributed by atoms with Crippen molar-refractivity contribution < 1.29 is 4.74 Å². The van der Waals surface area contributed by atoms with Crippen molar-refractivity contribution in [3.05, 3.63) is 52.0 Å². The Kier molecular flexibility index (Phi) is 3.48. The molecule has 0 aliphatic rings. The molecule has 2 aromatic rings. The Morgan fingerprint density at radius 2 is 1.67 bits per heavy atom. The lowest BCUT2D eigenvalue weighted by molar-refractivity contribution is 0.477. The van der Waals surface area contributed by atoms with Gasteiger partial charge in [-0.3, -0.25) is 0 Å². The van der Waals surface area contributed by atoms with Crippen LogP contribution in [0.2, 0.25) is 5.02 Å². The van der Waals surface area contributed by atoms with Gasteiger partial charge in [-0.15, -0.1) is 0 Å². The van der Waals surface area contributed by atoms with Gasteiger partial charge in [0.2, 0.25) is 0 Å².